The highest BCUT2D eigenvalue weighted by atomic mass is 15.1. The second-order valence-corrected chi connectivity index (χ2v) is 5.07. The molecule has 0 aliphatic carbocycles. The molecule has 0 unspecified atom stereocenters. The Morgan fingerprint density at radius 2 is 1.89 bits per heavy atom. The molecule has 0 heterocycles. The van der Waals surface area contributed by atoms with Crippen molar-refractivity contribution < 1.29 is 0 Å². The Bertz CT molecular complexity index is 361. The summed E-state index contributed by atoms with van der Waals surface area (Å²) in [6.07, 6.45) is 1.18. The van der Waals surface area contributed by atoms with Crippen LogP contribution in [0.25, 0.3) is 0 Å². The van der Waals surface area contributed by atoms with Gasteiger partial charge in [-0.25, -0.2) is 0 Å². The average Bonchev–Trinajstić information content (AvgIpc) is 2.34. The van der Waals surface area contributed by atoms with E-state index in [0.717, 1.165) is 19.6 Å². The Kier molecular flexibility index (Phi) is 6.16. The van der Waals surface area contributed by atoms with Crippen LogP contribution < -0.4 is 10.6 Å². The molecule has 0 aliphatic heterocycles. The summed E-state index contributed by atoms with van der Waals surface area (Å²) >= 11 is 0. The van der Waals surface area contributed by atoms with Crippen molar-refractivity contribution in [2.75, 3.05) is 38.6 Å². The molecule has 102 valence electrons. The minimum atomic E-state index is 0.612. The minimum absolute atomic E-state index is 0.612. The third-order valence-electron chi connectivity index (χ3n) is 3.21. The Morgan fingerprint density at radius 3 is 2.44 bits per heavy atom. The Hall–Kier alpha value is -1.06. The number of benzene rings is 1. The molecule has 0 atom stereocenters. The zero-order valence-corrected chi connectivity index (χ0v) is 12.2. The number of rotatable bonds is 7. The maximum absolute atomic E-state index is 5.85. The minimum Gasteiger partial charge on any atom is -0.372 e. The summed E-state index contributed by atoms with van der Waals surface area (Å²) in [5, 5.41) is 0. The molecule has 1 rings (SSSR count). The number of aryl methyl sites for hydroxylation is 1. The van der Waals surface area contributed by atoms with Gasteiger partial charge in [-0.1, -0.05) is 17.7 Å². The Labute approximate surface area is 112 Å². The number of nitrogens with two attached hydrogens (primary N) is 1. The van der Waals surface area contributed by atoms with Crippen molar-refractivity contribution in [1.82, 2.24) is 4.90 Å². The fourth-order valence-electron chi connectivity index (χ4n) is 2.21. The van der Waals surface area contributed by atoms with Crippen molar-refractivity contribution >= 4 is 5.69 Å². The van der Waals surface area contributed by atoms with Gasteiger partial charge in [0, 0.05) is 25.3 Å². The number of nitrogens with zero attached hydrogens (tertiary/aromatic N) is 2. The highest BCUT2D eigenvalue weighted by molar-refractivity contribution is 5.54. The Morgan fingerprint density at radius 1 is 1.17 bits per heavy atom. The van der Waals surface area contributed by atoms with E-state index in [2.05, 4.69) is 55.9 Å². The molecule has 1 aromatic carbocycles. The first-order chi connectivity index (χ1) is 8.58. The average molecular weight is 249 g/mol. The molecule has 18 heavy (non-hydrogen) atoms. The second kappa shape index (κ2) is 7.39. The summed E-state index contributed by atoms with van der Waals surface area (Å²) in [7, 11) is 4.24. The maximum Gasteiger partial charge on any atom is 0.0411 e. The molecule has 0 fully saturated rings. The molecule has 0 saturated heterocycles. The summed E-state index contributed by atoms with van der Waals surface area (Å²) in [5.41, 5.74) is 9.68. The fraction of sp³-hybridized carbons (Fsp3) is 0.600. The normalized spacial score (nSPS) is 11.0. The van der Waals surface area contributed by atoms with E-state index in [1.54, 1.807) is 0 Å². The lowest BCUT2D eigenvalue weighted by atomic mass is 10.1. The standard InChI is InChI=1S/C15H27N3/c1-5-18(10-6-9-17(3)4)15-8-7-13(2)11-14(15)12-16/h7-8,11H,5-6,9-10,12,16H2,1-4H3. The highest BCUT2D eigenvalue weighted by Gasteiger charge is 2.09. The van der Waals surface area contributed by atoms with Gasteiger partial charge in [0.25, 0.3) is 0 Å². The molecule has 1 aromatic rings. The summed E-state index contributed by atoms with van der Waals surface area (Å²) in [6, 6.07) is 6.57. The zero-order chi connectivity index (χ0) is 13.5. The molecule has 0 saturated carbocycles. The van der Waals surface area contributed by atoms with E-state index >= 15 is 0 Å². The van der Waals surface area contributed by atoms with Gasteiger partial charge in [-0.15, -0.1) is 0 Å². The van der Waals surface area contributed by atoms with Crippen molar-refractivity contribution in [3.8, 4) is 0 Å². The van der Waals surface area contributed by atoms with E-state index in [9.17, 15) is 0 Å². The van der Waals surface area contributed by atoms with Crippen LogP contribution in [0.1, 0.15) is 24.5 Å². The zero-order valence-electron chi connectivity index (χ0n) is 12.2. The number of hydrogen-bond donors (Lipinski definition) is 1. The van der Waals surface area contributed by atoms with Gasteiger partial charge < -0.3 is 15.5 Å². The van der Waals surface area contributed by atoms with Crippen molar-refractivity contribution in [1.29, 1.82) is 0 Å². The SMILES string of the molecule is CCN(CCCN(C)C)c1ccc(C)cc1CN. The van der Waals surface area contributed by atoms with Gasteiger partial charge in [-0.05, 0) is 52.5 Å². The Balaban J connectivity index is 2.75. The summed E-state index contributed by atoms with van der Waals surface area (Å²) in [6.45, 7) is 8.18. The summed E-state index contributed by atoms with van der Waals surface area (Å²) < 4.78 is 0. The quantitative estimate of drug-likeness (QED) is 0.804. The second-order valence-electron chi connectivity index (χ2n) is 5.07. The first-order valence-corrected chi connectivity index (χ1v) is 6.77. The van der Waals surface area contributed by atoms with Crippen LogP contribution in [-0.4, -0.2) is 38.6 Å². The van der Waals surface area contributed by atoms with Crippen molar-refractivity contribution in [2.45, 2.75) is 26.8 Å². The van der Waals surface area contributed by atoms with Crippen LogP contribution in [0.5, 0.6) is 0 Å². The van der Waals surface area contributed by atoms with Gasteiger partial charge in [0.15, 0.2) is 0 Å². The lowest BCUT2D eigenvalue weighted by molar-refractivity contribution is 0.400. The predicted octanol–water partition coefficient (Wildman–Crippen LogP) is 2.23. The molecule has 3 heteroatoms. The van der Waals surface area contributed by atoms with Crippen LogP contribution >= 0.6 is 0 Å². The van der Waals surface area contributed by atoms with Crippen LogP contribution in [-0.2, 0) is 6.54 Å². The van der Waals surface area contributed by atoms with Gasteiger partial charge in [0.1, 0.15) is 0 Å². The summed E-state index contributed by atoms with van der Waals surface area (Å²) in [4.78, 5) is 4.65. The molecule has 0 radical (unpaired) electrons. The van der Waals surface area contributed by atoms with Crippen molar-refractivity contribution in [3.05, 3.63) is 29.3 Å². The lowest BCUT2D eigenvalue weighted by Gasteiger charge is -2.26. The van der Waals surface area contributed by atoms with E-state index in [4.69, 9.17) is 5.73 Å². The topological polar surface area (TPSA) is 32.5 Å². The lowest BCUT2D eigenvalue weighted by Crippen LogP contribution is -2.28. The van der Waals surface area contributed by atoms with Crippen molar-refractivity contribution in [3.63, 3.8) is 0 Å². The predicted molar refractivity (Wildman–Crippen MR) is 80.1 cm³/mol. The maximum atomic E-state index is 5.85. The monoisotopic (exact) mass is 249 g/mol. The number of hydrogen-bond acceptors (Lipinski definition) is 3. The first-order valence-electron chi connectivity index (χ1n) is 6.77. The molecule has 0 aromatic heterocycles. The van der Waals surface area contributed by atoms with E-state index in [-0.39, 0.29) is 0 Å². The highest BCUT2D eigenvalue weighted by Crippen LogP contribution is 2.21. The molecular weight excluding hydrogens is 222 g/mol. The first kappa shape index (κ1) is 15.0. The molecule has 0 aliphatic rings. The number of anilines is 1. The van der Waals surface area contributed by atoms with Gasteiger partial charge in [0.2, 0.25) is 0 Å². The smallest absolute Gasteiger partial charge is 0.0411 e. The van der Waals surface area contributed by atoms with Crippen molar-refractivity contribution in [2.24, 2.45) is 5.73 Å². The fourth-order valence-corrected chi connectivity index (χ4v) is 2.21. The van der Waals surface area contributed by atoms with Gasteiger partial charge >= 0.3 is 0 Å². The molecule has 2 N–H and O–H groups in total. The molecular formula is C15H27N3. The van der Waals surface area contributed by atoms with E-state index in [1.807, 2.05) is 0 Å². The van der Waals surface area contributed by atoms with Gasteiger partial charge in [-0.2, -0.15) is 0 Å². The van der Waals surface area contributed by atoms with Crippen LogP contribution in [0.4, 0.5) is 5.69 Å². The van der Waals surface area contributed by atoms with Gasteiger partial charge in [0.05, 0.1) is 0 Å². The van der Waals surface area contributed by atoms with Crippen LogP contribution in [0.15, 0.2) is 18.2 Å². The third-order valence-corrected chi connectivity index (χ3v) is 3.21. The molecule has 3 nitrogen and oxygen atoms in total. The van der Waals surface area contributed by atoms with E-state index in [0.29, 0.717) is 6.54 Å². The van der Waals surface area contributed by atoms with E-state index < -0.39 is 0 Å². The van der Waals surface area contributed by atoms with Crippen LogP contribution in [0, 0.1) is 6.92 Å². The van der Waals surface area contributed by atoms with Crippen LogP contribution in [0.2, 0.25) is 0 Å². The summed E-state index contributed by atoms with van der Waals surface area (Å²) in [5.74, 6) is 0. The van der Waals surface area contributed by atoms with Crippen LogP contribution in [0.3, 0.4) is 0 Å². The molecule has 0 amide bonds. The van der Waals surface area contributed by atoms with E-state index in [1.165, 1.54) is 23.2 Å². The van der Waals surface area contributed by atoms with Gasteiger partial charge in [-0.3, -0.25) is 0 Å². The third kappa shape index (κ3) is 4.31. The molecule has 0 spiro atoms. The largest absolute Gasteiger partial charge is 0.372 e. The molecule has 0 bridgehead atoms.